The van der Waals surface area contributed by atoms with E-state index in [0.717, 1.165) is 12.0 Å². The van der Waals surface area contributed by atoms with Crippen LogP contribution in [0.15, 0.2) is 12.4 Å². The van der Waals surface area contributed by atoms with Crippen molar-refractivity contribution in [3.05, 3.63) is 18.0 Å². The van der Waals surface area contributed by atoms with Crippen molar-refractivity contribution in [2.24, 2.45) is 0 Å². The molecule has 3 rings (SSSR count). The first-order valence-corrected chi connectivity index (χ1v) is 8.10. The summed E-state index contributed by atoms with van der Waals surface area (Å²) in [6.45, 7) is 5.96. The molecular formula is C16H22N4O4. The molecule has 0 bridgehead atoms. The number of rotatable bonds is 6. The molecule has 2 aromatic heterocycles. The van der Waals surface area contributed by atoms with Crippen LogP contribution in [0.25, 0.3) is 11.3 Å². The summed E-state index contributed by atoms with van der Waals surface area (Å²) in [5.74, 6) is 0.0549. The highest BCUT2D eigenvalue weighted by molar-refractivity contribution is 5.98. The highest BCUT2D eigenvalue weighted by atomic mass is 16.5. The number of hydrogen-bond acceptors (Lipinski definition) is 6. The van der Waals surface area contributed by atoms with Crippen LogP contribution in [0.2, 0.25) is 0 Å². The van der Waals surface area contributed by atoms with E-state index in [0.29, 0.717) is 43.4 Å². The topological polar surface area (TPSA) is 80.4 Å². The highest BCUT2D eigenvalue weighted by Crippen LogP contribution is 2.34. The second-order valence-corrected chi connectivity index (χ2v) is 5.67. The molecule has 1 aliphatic rings. The van der Waals surface area contributed by atoms with E-state index in [2.05, 4.69) is 10.2 Å². The molecule has 1 aliphatic heterocycles. The maximum atomic E-state index is 12.5. The quantitative estimate of drug-likeness (QED) is 0.749. The zero-order valence-corrected chi connectivity index (χ0v) is 14.2. The number of ether oxygens (including phenoxy) is 3. The Morgan fingerprint density at radius 2 is 2.33 bits per heavy atom. The van der Waals surface area contributed by atoms with E-state index < -0.39 is 5.97 Å². The van der Waals surface area contributed by atoms with Crippen LogP contribution in [-0.2, 0) is 22.6 Å². The van der Waals surface area contributed by atoms with Gasteiger partial charge in [-0.15, -0.1) is 0 Å². The molecule has 0 radical (unpaired) electrons. The molecule has 130 valence electrons. The molecular weight excluding hydrogens is 312 g/mol. The molecule has 3 heterocycles. The largest absolute Gasteiger partial charge is 0.474 e. The second-order valence-electron chi connectivity index (χ2n) is 5.67. The Morgan fingerprint density at radius 3 is 3.08 bits per heavy atom. The molecule has 0 saturated heterocycles. The van der Waals surface area contributed by atoms with Crippen molar-refractivity contribution in [2.45, 2.75) is 39.5 Å². The monoisotopic (exact) mass is 334 g/mol. The van der Waals surface area contributed by atoms with Gasteiger partial charge in [-0.1, -0.05) is 0 Å². The van der Waals surface area contributed by atoms with Crippen LogP contribution < -0.4 is 4.74 Å². The number of fused-ring (bicyclic) bond motifs is 1. The number of methoxy groups -OCH3 is 1. The summed E-state index contributed by atoms with van der Waals surface area (Å²) < 4.78 is 19.6. The van der Waals surface area contributed by atoms with Gasteiger partial charge in [-0.05, 0) is 13.8 Å². The number of aromatic nitrogens is 4. The third-order valence-electron chi connectivity index (χ3n) is 3.88. The summed E-state index contributed by atoms with van der Waals surface area (Å²) in [6, 6.07) is 0. The Morgan fingerprint density at radius 1 is 1.50 bits per heavy atom. The van der Waals surface area contributed by atoms with Crippen molar-refractivity contribution in [3.63, 3.8) is 0 Å². The van der Waals surface area contributed by atoms with Gasteiger partial charge in [-0.25, -0.2) is 9.48 Å². The Labute approximate surface area is 140 Å². The number of hydrogen-bond donors (Lipinski definition) is 0. The summed E-state index contributed by atoms with van der Waals surface area (Å²) in [6.07, 6.45) is 4.43. The molecule has 0 spiro atoms. The Kier molecular flexibility index (Phi) is 4.84. The standard InChI is InChI=1S/C16H22N4O4/c1-4-23-16(21)13-14(12-9-17-19(10-12)7-8-22-3)18-20-6-5-11(2)24-15(13)20/h9-11H,4-8H2,1-3H3/t11-/m1/s1. The molecule has 0 fully saturated rings. The summed E-state index contributed by atoms with van der Waals surface area (Å²) in [5, 5.41) is 8.85. The minimum atomic E-state index is -0.424. The lowest BCUT2D eigenvalue weighted by molar-refractivity contribution is 0.0515. The van der Waals surface area contributed by atoms with E-state index in [1.807, 2.05) is 13.1 Å². The van der Waals surface area contributed by atoms with Gasteiger partial charge >= 0.3 is 5.97 Å². The lowest BCUT2D eigenvalue weighted by Crippen LogP contribution is -2.24. The van der Waals surface area contributed by atoms with Crippen LogP contribution in [-0.4, -0.2) is 52.0 Å². The van der Waals surface area contributed by atoms with Gasteiger partial charge in [0.05, 0.1) is 32.1 Å². The minimum Gasteiger partial charge on any atom is -0.474 e. The highest BCUT2D eigenvalue weighted by Gasteiger charge is 2.31. The number of carbonyl (C=O) groups excluding carboxylic acids is 1. The third kappa shape index (κ3) is 3.14. The van der Waals surface area contributed by atoms with Crippen LogP contribution in [0.4, 0.5) is 0 Å². The van der Waals surface area contributed by atoms with Crippen molar-refractivity contribution >= 4 is 5.97 Å². The minimum absolute atomic E-state index is 0.0413. The molecule has 0 saturated carbocycles. The Bertz CT molecular complexity index is 722. The van der Waals surface area contributed by atoms with Crippen molar-refractivity contribution < 1.29 is 19.0 Å². The normalized spacial score (nSPS) is 16.5. The molecule has 24 heavy (non-hydrogen) atoms. The first-order valence-electron chi connectivity index (χ1n) is 8.10. The smallest absolute Gasteiger partial charge is 0.345 e. The molecule has 8 heteroatoms. The Balaban J connectivity index is 2.00. The molecule has 0 unspecified atom stereocenters. The molecule has 0 aromatic carbocycles. The van der Waals surface area contributed by atoms with E-state index >= 15 is 0 Å². The first kappa shape index (κ1) is 16.5. The van der Waals surface area contributed by atoms with Crippen molar-refractivity contribution in [2.75, 3.05) is 20.3 Å². The fourth-order valence-corrected chi connectivity index (χ4v) is 2.65. The van der Waals surface area contributed by atoms with Gasteiger partial charge < -0.3 is 14.2 Å². The van der Waals surface area contributed by atoms with Gasteiger partial charge in [0.25, 0.3) is 0 Å². The summed E-state index contributed by atoms with van der Waals surface area (Å²) in [7, 11) is 1.64. The van der Waals surface area contributed by atoms with Gasteiger partial charge in [0.1, 0.15) is 11.3 Å². The van der Waals surface area contributed by atoms with Crippen LogP contribution in [0, 0.1) is 0 Å². The number of esters is 1. The van der Waals surface area contributed by atoms with Crippen molar-refractivity contribution in [1.29, 1.82) is 0 Å². The fourth-order valence-electron chi connectivity index (χ4n) is 2.65. The van der Waals surface area contributed by atoms with E-state index in [1.165, 1.54) is 0 Å². The second kappa shape index (κ2) is 7.04. The average molecular weight is 334 g/mol. The van der Waals surface area contributed by atoms with Gasteiger partial charge in [0, 0.05) is 31.8 Å². The summed E-state index contributed by atoms with van der Waals surface area (Å²) in [4.78, 5) is 12.5. The summed E-state index contributed by atoms with van der Waals surface area (Å²) >= 11 is 0. The van der Waals surface area contributed by atoms with Gasteiger partial charge in [-0.2, -0.15) is 10.2 Å². The van der Waals surface area contributed by atoms with Gasteiger partial charge in [0.15, 0.2) is 0 Å². The molecule has 8 nitrogen and oxygen atoms in total. The Hall–Kier alpha value is -2.35. The number of carbonyl (C=O) groups is 1. The van der Waals surface area contributed by atoms with E-state index in [9.17, 15) is 4.79 Å². The lowest BCUT2D eigenvalue weighted by atomic mass is 10.1. The van der Waals surface area contributed by atoms with Crippen LogP contribution in [0.1, 0.15) is 30.6 Å². The van der Waals surface area contributed by atoms with E-state index in [-0.39, 0.29) is 6.10 Å². The van der Waals surface area contributed by atoms with Crippen LogP contribution >= 0.6 is 0 Å². The zero-order valence-electron chi connectivity index (χ0n) is 14.2. The van der Waals surface area contributed by atoms with Gasteiger partial charge in [-0.3, -0.25) is 4.68 Å². The molecule has 1 atom stereocenters. The third-order valence-corrected chi connectivity index (χ3v) is 3.88. The molecule has 2 aromatic rings. The van der Waals surface area contributed by atoms with Gasteiger partial charge in [0.2, 0.25) is 5.88 Å². The van der Waals surface area contributed by atoms with E-state index in [4.69, 9.17) is 14.2 Å². The van der Waals surface area contributed by atoms with Crippen LogP contribution in [0.3, 0.4) is 0 Å². The van der Waals surface area contributed by atoms with E-state index in [1.54, 1.807) is 29.6 Å². The fraction of sp³-hybridized carbons (Fsp3) is 0.562. The first-order chi connectivity index (χ1) is 11.6. The zero-order chi connectivity index (χ0) is 17.1. The molecule has 0 amide bonds. The van der Waals surface area contributed by atoms with Crippen molar-refractivity contribution in [3.8, 4) is 17.1 Å². The van der Waals surface area contributed by atoms with Crippen molar-refractivity contribution in [1.82, 2.24) is 19.6 Å². The average Bonchev–Trinajstić information content (AvgIpc) is 3.16. The molecule has 0 aliphatic carbocycles. The predicted molar refractivity (Wildman–Crippen MR) is 86.0 cm³/mol. The SMILES string of the molecule is CCOC(=O)c1c(-c2cnn(CCOC)c2)nn2c1O[C@H](C)CC2. The lowest BCUT2D eigenvalue weighted by Gasteiger charge is -2.21. The number of aryl methyl sites for hydroxylation is 1. The summed E-state index contributed by atoms with van der Waals surface area (Å²) in [5.41, 5.74) is 1.67. The predicted octanol–water partition coefficient (Wildman–Crippen LogP) is 1.74. The maximum Gasteiger partial charge on any atom is 0.345 e. The number of nitrogens with zero attached hydrogens (tertiary/aromatic N) is 4. The van der Waals surface area contributed by atoms with Crippen LogP contribution in [0.5, 0.6) is 5.88 Å². The maximum absolute atomic E-state index is 12.5. The molecule has 0 N–H and O–H groups in total.